The van der Waals surface area contributed by atoms with E-state index in [9.17, 15) is 16.8 Å². The molecule has 0 N–H and O–H groups in total. The van der Waals surface area contributed by atoms with Crippen molar-refractivity contribution < 1.29 is 25.2 Å². The zero-order valence-electron chi connectivity index (χ0n) is 8.54. The van der Waals surface area contributed by atoms with Gasteiger partial charge in [0.2, 0.25) is 0 Å². The molecule has 15 heavy (non-hydrogen) atoms. The molecule has 6 nitrogen and oxygen atoms in total. The monoisotopic (exact) mass is 258 g/mol. The molecule has 0 bridgehead atoms. The zero-order valence-corrected chi connectivity index (χ0v) is 10.2. The Morgan fingerprint density at radius 1 is 1.20 bits per heavy atom. The van der Waals surface area contributed by atoms with E-state index in [1.807, 2.05) is 0 Å². The first-order chi connectivity index (χ1) is 6.79. The van der Waals surface area contributed by atoms with Crippen LogP contribution in [-0.2, 0) is 28.6 Å². The summed E-state index contributed by atoms with van der Waals surface area (Å²) < 4.78 is 53.1. The number of hydrogen-bond acceptors (Lipinski definition) is 6. The summed E-state index contributed by atoms with van der Waals surface area (Å²) in [7, 11) is -5.79. The lowest BCUT2D eigenvalue weighted by Crippen LogP contribution is -2.30. The van der Waals surface area contributed by atoms with Gasteiger partial charge in [-0.1, -0.05) is 6.08 Å². The predicted octanol–water partition coefficient (Wildman–Crippen LogP) is -0.116. The molecule has 8 heteroatoms. The van der Waals surface area contributed by atoms with E-state index in [1.54, 1.807) is 0 Å². The fraction of sp³-hybridized carbons (Fsp3) is 0.714. The fourth-order valence-electron chi connectivity index (χ4n) is 0.887. The summed E-state index contributed by atoms with van der Waals surface area (Å²) in [5.41, 5.74) is 0. The summed E-state index contributed by atoms with van der Waals surface area (Å²) in [6.45, 7) is 3.35. The van der Waals surface area contributed by atoms with Gasteiger partial charge in [-0.05, 0) is 6.42 Å². The fourth-order valence-corrected chi connectivity index (χ4v) is 3.43. The van der Waals surface area contributed by atoms with Crippen LogP contribution in [-0.4, -0.2) is 42.1 Å². The van der Waals surface area contributed by atoms with Gasteiger partial charge in [-0.2, -0.15) is 16.8 Å². The molecule has 1 unspecified atom stereocenters. The Morgan fingerprint density at radius 2 is 1.73 bits per heavy atom. The van der Waals surface area contributed by atoms with Crippen molar-refractivity contribution in [1.82, 2.24) is 0 Å². The van der Waals surface area contributed by atoms with Crippen LogP contribution < -0.4 is 0 Å². The summed E-state index contributed by atoms with van der Waals surface area (Å²) in [6, 6.07) is 0. The van der Waals surface area contributed by atoms with Crippen molar-refractivity contribution in [1.29, 1.82) is 0 Å². The highest BCUT2D eigenvalue weighted by molar-refractivity contribution is 7.91. The molecule has 0 rings (SSSR count). The van der Waals surface area contributed by atoms with Gasteiger partial charge in [0.15, 0.2) is 0 Å². The normalized spacial score (nSPS) is 14.8. The Bertz CT molecular complexity index is 393. The molecule has 0 saturated heterocycles. The maximum Gasteiger partial charge on any atom is 0.271 e. The van der Waals surface area contributed by atoms with E-state index >= 15 is 0 Å². The van der Waals surface area contributed by atoms with E-state index in [4.69, 9.17) is 0 Å². The highest BCUT2D eigenvalue weighted by Gasteiger charge is 2.29. The third-order valence-corrected chi connectivity index (χ3v) is 4.88. The molecule has 0 heterocycles. The van der Waals surface area contributed by atoms with Crippen molar-refractivity contribution >= 4 is 20.2 Å². The summed E-state index contributed by atoms with van der Waals surface area (Å²) in [5.74, 6) is -0.647. The largest absolute Gasteiger partial charge is 0.273 e. The van der Waals surface area contributed by atoms with Crippen LogP contribution in [0, 0.1) is 0 Å². The maximum absolute atomic E-state index is 11.3. The van der Waals surface area contributed by atoms with E-state index < -0.39 is 31.2 Å². The van der Waals surface area contributed by atoms with Crippen LogP contribution in [0.4, 0.5) is 0 Å². The zero-order chi connectivity index (χ0) is 12.1. The quantitative estimate of drug-likeness (QED) is 0.467. The molecular formula is C7H14O6S2. The molecule has 0 spiro atoms. The van der Waals surface area contributed by atoms with Crippen LogP contribution in [0.5, 0.6) is 0 Å². The van der Waals surface area contributed by atoms with Gasteiger partial charge < -0.3 is 0 Å². The van der Waals surface area contributed by atoms with Gasteiger partial charge in [0.25, 0.3) is 20.2 Å². The average Bonchev–Trinajstić information content (AvgIpc) is 2.17. The lowest BCUT2D eigenvalue weighted by atomic mass is 10.3. The molecule has 0 aromatic rings. The molecule has 0 aromatic carbocycles. The van der Waals surface area contributed by atoms with E-state index in [2.05, 4.69) is 14.9 Å². The number of hydrogen-bond donors (Lipinski definition) is 0. The summed E-state index contributed by atoms with van der Waals surface area (Å²) in [4.78, 5) is 0. The molecule has 0 aliphatic heterocycles. The van der Waals surface area contributed by atoms with Crippen molar-refractivity contribution in [2.75, 3.05) is 20.0 Å². The third kappa shape index (κ3) is 4.74. The molecule has 0 amide bonds. The average molecular weight is 258 g/mol. The molecule has 90 valence electrons. The second kappa shape index (κ2) is 5.59. The van der Waals surface area contributed by atoms with Crippen LogP contribution in [0.2, 0.25) is 0 Å². The highest BCUT2D eigenvalue weighted by atomic mass is 32.2. The molecule has 0 fully saturated rings. The van der Waals surface area contributed by atoms with Gasteiger partial charge in [-0.25, -0.2) is 0 Å². The van der Waals surface area contributed by atoms with Gasteiger partial charge in [0, 0.05) is 0 Å². The van der Waals surface area contributed by atoms with Crippen molar-refractivity contribution in [2.45, 2.75) is 11.7 Å². The van der Waals surface area contributed by atoms with E-state index in [0.717, 1.165) is 14.2 Å². The summed E-state index contributed by atoms with van der Waals surface area (Å²) >= 11 is 0. The molecular weight excluding hydrogens is 244 g/mol. The van der Waals surface area contributed by atoms with Crippen LogP contribution in [0.25, 0.3) is 0 Å². The summed E-state index contributed by atoms with van der Waals surface area (Å²) in [5, 5.41) is -1.19. The van der Waals surface area contributed by atoms with Crippen LogP contribution in [0.3, 0.4) is 0 Å². The lowest BCUT2D eigenvalue weighted by Gasteiger charge is -2.13. The van der Waals surface area contributed by atoms with Crippen molar-refractivity contribution in [3.8, 4) is 0 Å². The van der Waals surface area contributed by atoms with Gasteiger partial charge in [-0.15, -0.1) is 6.58 Å². The molecule has 0 aromatic heterocycles. The minimum Gasteiger partial charge on any atom is -0.273 e. The Labute approximate surface area is 90.1 Å². The molecule has 0 saturated carbocycles. The smallest absolute Gasteiger partial charge is 0.271 e. The van der Waals surface area contributed by atoms with Crippen molar-refractivity contribution in [3.63, 3.8) is 0 Å². The second-order valence-electron chi connectivity index (χ2n) is 2.70. The van der Waals surface area contributed by atoms with Gasteiger partial charge >= 0.3 is 0 Å². The first-order valence-electron chi connectivity index (χ1n) is 3.97. The topological polar surface area (TPSA) is 86.7 Å². The molecule has 0 radical (unpaired) electrons. The van der Waals surface area contributed by atoms with Crippen LogP contribution in [0.15, 0.2) is 12.7 Å². The highest BCUT2D eigenvalue weighted by Crippen LogP contribution is 2.12. The van der Waals surface area contributed by atoms with E-state index in [1.165, 1.54) is 6.08 Å². The number of rotatable bonds is 7. The maximum atomic E-state index is 11.3. The van der Waals surface area contributed by atoms with Gasteiger partial charge in [0.1, 0.15) is 5.25 Å². The lowest BCUT2D eigenvalue weighted by molar-refractivity contribution is 0.379. The van der Waals surface area contributed by atoms with Crippen molar-refractivity contribution in [3.05, 3.63) is 12.7 Å². The molecule has 0 aliphatic rings. The molecule has 0 aliphatic carbocycles. The minimum absolute atomic E-state index is 0.0151. The van der Waals surface area contributed by atoms with Crippen LogP contribution >= 0.6 is 0 Å². The van der Waals surface area contributed by atoms with Gasteiger partial charge in [0.05, 0.1) is 20.0 Å². The minimum atomic E-state index is -3.90. The number of allylic oxidation sites excluding steroid dienone is 1. The van der Waals surface area contributed by atoms with Gasteiger partial charge in [-0.3, -0.25) is 8.37 Å². The Kier molecular flexibility index (Phi) is 5.43. The SMILES string of the molecule is C=CCC(CS(=O)(=O)OC)S(=O)(=O)OC. The Morgan fingerprint density at radius 3 is 2.07 bits per heavy atom. The predicted molar refractivity (Wildman–Crippen MR) is 55.3 cm³/mol. The van der Waals surface area contributed by atoms with E-state index in [0.29, 0.717) is 0 Å². The first kappa shape index (κ1) is 14.6. The third-order valence-electron chi connectivity index (χ3n) is 1.71. The first-order valence-corrected chi connectivity index (χ1v) is 7.02. The Balaban J connectivity index is 4.94. The van der Waals surface area contributed by atoms with Crippen molar-refractivity contribution in [2.24, 2.45) is 0 Å². The van der Waals surface area contributed by atoms with E-state index in [-0.39, 0.29) is 6.42 Å². The van der Waals surface area contributed by atoms with Crippen LogP contribution in [0.1, 0.15) is 6.42 Å². The second-order valence-corrected chi connectivity index (χ2v) is 6.46. The molecule has 1 atom stereocenters. The standard InChI is InChI=1S/C7H14O6S2/c1-4-5-7(15(10,11)13-3)6-14(8,9)12-2/h4,7H,1,5-6H2,2-3H3. The Hall–Kier alpha value is -0.440. The summed E-state index contributed by atoms with van der Waals surface area (Å²) in [6.07, 6.45) is 1.30.